The third-order valence-corrected chi connectivity index (χ3v) is 3.45. The average Bonchev–Trinajstić information content (AvgIpc) is 2.01. The van der Waals surface area contributed by atoms with Gasteiger partial charge in [0.05, 0.1) is 0 Å². The van der Waals surface area contributed by atoms with Gasteiger partial charge < -0.3 is 5.32 Å². The molecule has 13 heavy (non-hydrogen) atoms. The molecular formula is C12H25N. The minimum atomic E-state index is 0.804. The molecule has 1 rings (SSSR count). The summed E-state index contributed by atoms with van der Waals surface area (Å²) in [5.74, 6) is 1.86. The monoisotopic (exact) mass is 183 g/mol. The highest BCUT2D eigenvalue weighted by Crippen LogP contribution is 2.33. The van der Waals surface area contributed by atoms with E-state index in [2.05, 4.69) is 26.1 Å². The molecule has 0 aromatic rings. The molecule has 1 saturated carbocycles. The molecule has 0 bridgehead atoms. The Morgan fingerprint density at radius 1 is 1.31 bits per heavy atom. The van der Waals surface area contributed by atoms with Crippen molar-refractivity contribution in [1.82, 2.24) is 5.32 Å². The maximum atomic E-state index is 3.67. The predicted octanol–water partition coefficient (Wildman–Crippen LogP) is 3.20. The van der Waals surface area contributed by atoms with Crippen LogP contribution in [0.25, 0.3) is 0 Å². The molecule has 1 N–H and O–H groups in total. The van der Waals surface area contributed by atoms with Crippen molar-refractivity contribution in [2.24, 2.45) is 11.8 Å². The third-order valence-electron chi connectivity index (χ3n) is 3.45. The maximum Gasteiger partial charge on any atom is 0.0121 e. The van der Waals surface area contributed by atoms with Gasteiger partial charge in [0.25, 0.3) is 0 Å². The Bertz CT molecular complexity index is 129. The van der Waals surface area contributed by atoms with Gasteiger partial charge >= 0.3 is 0 Å². The summed E-state index contributed by atoms with van der Waals surface area (Å²) in [4.78, 5) is 0. The quantitative estimate of drug-likeness (QED) is 0.667. The summed E-state index contributed by atoms with van der Waals surface area (Å²) < 4.78 is 0. The van der Waals surface area contributed by atoms with Crippen LogP contribution in [0.4, 0.5) is 0 Å². The van der Waals surface area contributed by atoms with Gasteiger partial charge in [-0.25, -0.2) is 0 Å². The minimum absolute atomic E-state index is 0.804. The number of nitrogens with one attached hydrogen (secondary N) is 1. The topological polar surface area (TPSA) is 12.0 Å². The predicted molar refractivity (Wildman–Crippen MR) is 58.9 cm³/mol. The van der Waals surface area contributed by atoms with Crippen molar-refractivity contribution in [3.8, 4) is 0 Å². The average molecular weight is 183 g/mol. The van der Waals surface area contributed by atoms with E-state index in [-0.39, 0.29) is 0 Å². The molecule has 78 valence electrons. The summed E-state index contributed by atoms with van der Waals surface area (Å²) in [5.41, 5.74) is 0. The summed E-state index contributed by atoms with van der Waals surface area (Å²) >= 11 is 0. The molecule has 0 amide bonds. The highest BCUT2D eigenvalue weighted by molar-refractivity contribution is 4.85. The fraction of sp³-hybridized carbons (Fsp3) is 1.00. The van der Waals surface area contributed by atoms with E-state index in [1.807, 2.05) is 0 Å². The van der Waals surface area contributed by atoms with Gasteiger partial charge in [0, 0.05) is 6.04 Å². The van der Waals surface area contributed by atoms with E-state index in [1.165, 1.54) is 32.1 Å². The van der Waals surface area contributed by atoms with Crippen LogP contribution in [0.15, 0.2) is 0 Å². The van der Waals surface area contributed by atoms with Crippen molar-refractivity contribution in [2.75, 3.05) is 6.54 Å². The van der Waals surface area contributed by atoms with Gasteiger partial charge in [-0.3, -0.25) is 0 Å². The second kappa shape index (κ2) is 5.64. The fourth-order valence-electron chi connectivity index (χ4n) is 2.50. The van der Waals surface area contributed by atoms with Crippen molar-refractivity contribution in [2.45, 2.75) is 58.9 Å². The summed E-state index contributed by atoms with van der Waals surface area (Å²) in [7, 11) is 0. The van der Waals surface area contributed by atoms with E-state index in [9.17, 15) is 0 Å². The lowest BCUT2D eigenvalue weighted by atomic mass is 9.74. The van der Waals surface area contributed by atoms with E-state index in [0.29, 0.717) is 0 Å². The minimum Gasteiger partial charge on any atom is -0.314 e. The van der Waals surface area contributed by atoms with Crippen molar-refractivity contribution < 1.29 is 0 Å². The molecule has 1 aliphatic carbocycles. The fourth-order valence-corrected chi connectivity index (χ4v) is 2.50. The SMILES string of the molecule is CCCC(C)C(NCC)C1CCC1. The third kappa shape index (κ3) is 2.98. The van der Waals surface area contributed by atoms with Crippen LogP contribution in [0, 0.1) is 11.8 Å². The molecule has 0 aromatic carbocycles. The Morgan fingerprint density at radius 3 is 2.38 bits per heavy atom. The highest BCUT2D eigenvalue weighted by atomic mass is 14.9. The zero-order valence-electron chi connectivity index (χ0n) is 9.47. The largest absolute Gasteiger partial charge is 0.314 e. The molecule has 1 fully saturated rings. The van der Waals surface area contributed by atoms with Gasteiger partial charge in [0.1, 0.15) is 0 Å². The Kier molecular flexibility index (Phi) is 4.79. The first-order valence-corrected chi connectivity index (χ1v) is 6.03. The van der Waals surface area contributed by atoms with Gasteiger partial charge in [-0.2, -0.15) is 0 Å². The first-order chi connectivity index (χ1) is 6.29. The maximum absolute atomic E-state index is 3.67. The van der Waals surface area contributed by atoms with Crippen LogP contribution in [-0.4, -0.2) is 12.6 Å². The molecule has 1 aliphatic rings. The van der Waals surface area contributed by atoms with Gasteiger partial charge in [0.2, 0.25) is 0 Å². The van der Waals surface area contributed by atoms with Crippen LogP contribution >= 0.6 is 0 Å². The van der Waals surface area contributed by atoms with Crippen LogP contribution in [0.5, 0.6) is 0 Å². The Balaban J connectivity index is 2.35. The van der Waals surface area contributed by atoms with Crippen LogP contribution < -0.4 is 5.32 Å². The molecule has 0 heterocycles. The van der Waals surface area contributed by atoms with Crippen molar-refractivity contribution in [3.63, 3.8) is 0 Å². The first kappa shape index (κ1) is 11.0. The first-order valence-electron chi connectivity index (χ1n) is 6.03. The van der Waals surface area contributed by atoms with Crippen LogP contribution in [0.1, 0.15) is 52.9 Å². The molecule has 1 nitrogen and oxygen atoms in total. The van der Waals surface area contributed by atoms with E-state index < -0.39 is 0 Å². The van der Waals surface area contributed by atoms with Crippen molar-refractivity contribution in [1.29, 1.82) is 0 Å². The molecule has 2 unspecified atom stereocenters. The van der Waals surface area contributed by atoms with Crippen molar-refractivity contribution >= 4 is 0 Å². The number of hydrogen-bond donors (Lipinski definition) is 1. The zero-order valence-corrected chi connectivity index (χ0v) is 9.47. The molecule has 0 saturated heterocycles. The summed E-state index contributed by atoms with van der Waals surface area (Å²) in [6.45, 7) is 8.06. The van der Waals surface area contributed by atoms with Gasteiger partial charge in [-0.1, -0.05) is 33.6 Å². The van der Waals surface area contributed by atoms with Crippen LogP contribution in [-0.2, 0) is 0 Å². The van der Waals surface area contributed by atoms with Gasteiger partial charge in [-0.05, 0) is 37.6 Å². The van der Waals surface area contributed by atoms with Crippen molar-refractivity contribution in [3.05, 3.63) is 0 Å². The van der Waals surface area contributed by atoms with E-state index >= 15 is 0 Å². The highest BCUT2D eigenvalue weighted by Gasteiger charge is 2.29. The molecule has 0 spiro atoms. The van der Waals surface area contributed by atoms with Crippen LogP contribution in [0.3, 0.4) is 0 Å². The van der Waals surface area contributed by atoms with E-state index in [1.54, 1.807) is 0 Å². The number of hydrogen-bond acceptors (Lipinski definition) is 1. The van der Waals surface area contributed by atoms with Gasteiger partial charge in [0.15, 0.2) is 0 Å². The normalized spacial score (nSPS) is 22.4. The van der Waals surface area contributed by atoms with E-state index in [4.69, 9.17) is 0 Å². The molecule has 0 radical (unpaired) electrons. The Morgan fingerprint density at radius 2 is 2.00 bits per heavy atom. The lowest BCUT2D eigenvalue weighted by Gasteiger charge is -2.38. The number of rotatable bonds is 6. The Labute approximate surface area is 83.3 Å². The van der Waals surface area contributed by atoms with Crippen LogP contribution in [0.2, 0.25) is 0 Å². The smallest absolute Gasteiger partial charge is 0.0121 e. The Hall–Kier alpha value is -0.0400. The second-order valence-corrected chi connectivity index (χ2v) is 4.54. The summed E-state index contributed by atoms with van der Waals surface area (Å²) in [6, 6.07) is 0.804. The van der Waals surface area contributed by atoms with Gasteiger partial charge in [-0.15, -0.1) is 0 Å². The molecular weight excluding hydrogens is 158 g/mol. The van der Waals surface area contributed by atoms with E-state index in [0.717, 1.165) is 24.4 Å². The lowest BCUT2D eigenvalue weighted by Crippen LogP contribution is -2.43. The zero-order chi connectivity index (χ0) is 9.68. The molecule has 0 aromatic heterocycles. The molecule has 1 heteroatoms. The molecule has 2 atom stereocenters. The molecule has 0 aliphatic heterocycles. The lowest BCUT2D eigenvalue weighted by molar-refractivity contribution is 0.177. The summed E-state index contributed by atoms with van der Waals surface area (Å²) in [5, 5.41) is 3.67. The standard InChI is InChI=1S/C12H25N/c1-4-7-10(3)12(13-5-2)11-8-6-9-11/h10-13H,4-9H2,1-3H3. The summed E-state index contributed by atoms with van der Waals surface area (Å²) in [6.07, 6.45) is 7.10. The second-order valence-electron chi connectivity index (χ2n) is 4.54.